The SMILES string of the molecule is O=C(Cn1ccnn1)Nc1ccc(C(F)(F)F)cc1Br. The van der Waals surface area contributed by atoms with E-state index in [2.05, 4.69) is 31.6 Å². The van der Waals surface area contributed by atoms with Crippen LogP contribution in [0.3, 0.4) is 0 Å². The normalized spacial score (nSPS) is 11.4. The first-order valence-corrected chi connectivity index (χ1v) is 6.16. The Balaban J connectivity index is 2.08. The summed E-state index contributed by atoms with van der Waals surface area (Å²) in [7, 11) is 0. The summed E-state index contributed by atoms with van der Waals surface area (Å²) in [5.41, 5.74) is -0.540. The van der Waals surface area contributed by atoms with Crippen LogP contribution in [0.5, 0.6) is 0 Å². The molecule has 2 rings (SSSR count). The number of hydrogen-bond acceptors (Lipinski definition) is 3. The Morgan fingerprint density at radius 3 is 2.70 bits per heavy atom. The van der Waals surface area contributed by atoms with Gasteiger partial charge in [0, 0.05) is 10.7 Å². The van der Waals surface area contributed by atoms with Gasteiger partial charge in [-0.05, 0) is 34.1 Å². The van der Waals surface area contributed by atoms with Crippen molar-refractivity contribution in [3.05, 3.63) is 40.6 Å². The second kappa shape index (κ2) is 5.61. The van der Waals surface area contributed by atoms with Gasteiger partial charge in [0.1, 0.15) is 6.54 Å². The van der Waals surface area contributed by atoms with Gasteiger partial charge in [-0.2, -0.15) is 13.2 Å². The smallest absolute Gasteiger partial charge is 0.323 e. The molecular formula is C11H8BrF3N4O. The first-order valence-electron chi connectivity index (χ1n) is 5.37. The van der Waals surface area contributed by atoms with Crippen LogP contribution in [-0.2, 0) is 17.5 Å². The molecule has 9 heteroatoms. The van der Waals surface area contributed by atoms with Crippen LogP contribution >= 0.6 is 15.9 Å². The maximum atomic E-state index is 12.5. The van der Waals surface area contributed by atoms with Crippen molar-refractivity contribution in [1.82, 2.24) is 15.0 Å². The third-order valence-electron chi connectivity index (χ3n) is 2.35. The molecule has 0 bridgehead atoms. The number of carbonyl (C=O) groups is 1. The molecular weight excluding hydrogens is 341 g/mol. The van der Waals surface area contributed by atoms with E-state index in [4.69, 9.17) is 0 Å². The van der Waals surface area contributed by atoms with Gasteiger partial charge in [0.05, 0.1) is 17.4 Å². The highest BCUT2D eigenvalue weighted by Gasteiger charge is 2.30. The molecule has 0 aliphatic rings. The quantitative estimate of drug-likeness (QED) is 0.927. The predicted molar refractivity (Wildman–Crippen MR) is 67.8 cm³/mol. The van der Waals surface area contributed by atoms with Crippen molar-refractivity contribution in [3.63, 3.8) is 0 Å². The molecule has 1 N–H and O–H groups in total. The second-order valence-electron chi connectivity index (χ2n) is 3.84. The maximum Gasteiger partial charge on any atom is 0.416 e. The van der Waals surface area contributed by atoms with Gasteiger partial charge in [0.15, 0.2) is 0 Å². The van der Waals surface area contributed by atoms with E-state index >= 15 is 0 Å². The maximum absolute atomic E-state index is 12.5. The van der Waals surface area contributed by atoms with E-state index < -0.39 is 17.6 Å². The third kappa shape index (κ3) is 3.56. The molecule has 1 aromatic heterocycles. The molecule has 0 spiro atoms. The molecule has 1 heterocycles. The predicted octanol–water partition coefficient (Wildman–Crippen LogP) is 2.70. The molecule has 1 aromatic carbocycles. The number of carbonyl (C=O) groups excluding carboxylic acids is 1. The van der Waals surface area contributed by atoms with Crippen molar-refractivity contribution in [1.29, 1.82) is 0 Å². The molecule has 0 saturated carbocycles. The van der Waals surface area contributed by atoms with Crippen LogP contribution in [0.2, 0.25) is 0 Å². The van der Waals surface area contributed by atoms with Crippen molar-refractivity contribution >= 4 is 27.5 Å². The summed E-state index contributed by atoms with van der Waals surface area (Å²) < 4.78 is 38.9. The monoisotopic (exact) mass is 348 g/mol. The summed E-state index contributed by atoms with van der Waals surface area (Å²) >= 11 is 3.00. The van der Waals surface area contributed by atoms with E-state index in [1.165, 1.54) is 23.1 Å². The average molecular weight is 349 g/mol. The summed E-state index contributed by atoms with van der Waals surface area (Å²) in [4.78, 5) is 11.7. The zero-order valence-electron chi connectivity index (χ0n) is 9.86. The van der Waals surface area contributed by atoms with Gasteiger partial charge in [-0.15, -0.1) is 5.10 Å². The van der Waals surface area contributed by atoms with Gasteiger partial charge < -0.3 is 5.32 Å². The van der Waals surface area contributed by atoms with E-state index in [0.717, 1.165) is 12.1 Å². The van der Waals surface area contributed by atoms with Crippen LogP contribution in [0.25, 0.3) is 0 Å². The van der Waals surface area contributed by atoms with E-state index in [0.29, 0.717) is 0 Å². The Kier molecular flexibility index (Phi) is 4.07. The fraction of sp³-hybridized carbons (Fsp3) is 0.182. The number of benzene rings is 1. The number of aromatic nitrogens is 3. The van der Waals surface area contributed by atoms with Crippen LogP contribution in [-0.4, -0.2) is 20.9 Å². The third-order valence-corrected chi connectivity index (χ3v) is 3.00. The number of hydrogen-bond donors (Lipinski definition) is 1. The summed E-state index contributed by atoms with van der Waals surface area (Å²) in [6.45, 7) is -0.0759. The number of alkyl halides is 3. The summed E-state index contributed by atoms with van der Waals surface area (Å²) in [5, 5.41) is 9.63. The molecule has 106 valence electrons. The van der Waals surface area contributed by atoms with Crippen LogP contribution < -0.4 is 5.32 Å². The van der Waals surface area contributed by atoms with Gasteiger partial charge in [0.25, 0.3) is 0 Å². The minimum absolute atomic E-state index is 0.0759. The van der Waals surface area contributed by atoms with Crippen molar-refractivity contribution in [3.8, 4) is 0 Å². The highest BCUT2D eigenvalue weighted by Crippen LogP contribution is 2.33. The fourth-order valence-corrected chi connectivity index (χ4v) is 1.92. The minimum atomic E-state index is -4.42. The van der Waals surface area contributed by atoms with Gasteiger partial charge in [-0.1, -0.05) is 5.21 Å². The number of nitrogens with one attached hydrogen (secondary N) is 1. The molecule has 5 nitrogen and oxygen atoms in total. The van der Waals surface area contributed by atoms with Crippen molar-refractivity contribution in [2.75, 3.05) is 5.32 Å². The van der Waals surface area contributed by atoms with Crippen LogP contribution in [0.4, 0.5) is 18.9 Å². The molecule has 0 aliphatic carbocycles. The highest BCUT2D eigenvalue weighted by molar-refractivity contribution is 9.10. The molecule has 0 atom stereocenters. The number of rotatable bonds is 3. The number of amides is 1. The largest absolute Gasteiger partial charge is 0.416 e. The first-order chi connectivity index (χ1) is 9.36. The number of nitrogens with zero attached hydrogens (tertiary/aromatic N) is 3. The van der Waals surface area contributed by atoms with Crippen molar-refractivity contribution in [2.24, 2.45) is 0 Å². The van der Waals surface area contributed by atoms with E-state index in [9.17, 15) is 18.0 Å². The highest BCUT2D eigenvalue weighted by atomic mass is 79.9. The van der Waals surface area contributed by atoms with E-state index in [-0.39, 0.29) is 16.7 Å². The zero-order chi connectivity index (χ0) is 14.8. The second-order valence-corrected chi connectivity index (χ2v) is 4.70. The molecule has 0 saturated heterocycles. The molecule has 0 unspecified atom stereocenters. The zero-order valence-corrected chi connectivity index (χ0v) is 11.4. The Labute approximate surface area is 119 Å². The molecule has 2 aromatic rings. The topological polar surface area (TPSA) is 59.8 Å². The molecule has 0 aliphatic heterocycles. The average Bonchev–Trinajstić information content (AvgIpc) is 2.83. The molecule has 0 radical (unpaired) electrons. The van der Waals surface area contributed by atoms with E-state index in [1.807, 2.05) is 0 Å². The van der Waals surface area contributed by atoms with Crippen molar-refractivity contribution in [2.45, 2.75) is 12.7 Å². The lowest BCUT2D eigenvalue weighted by molar-refractivity contribution is -0.137. The van der Waals surface area contributed by atoms with Gasteiger partial charge in [-0.25, -0.2) is 4.68 Å². The van der Waals surface area contributed by atoms with Gasteiger partial charge >= 0.3 is 6.18 Å². The van der Waals surface area contributed by atoms with E-state index in [1.54, 1.807) is 0 Å². The van der Waals surface area contributed by atoms with Crippen molar-refractivity contribution < 1.29 is 18.0 Å². The van der Waals surface area contributed by atoms with Gasteiger partial charge in [0.2, 0.25) is 5.91 Å². The fourth-order valence-electron chi connectivity index (χ4n) is 1.45. The lowest BCUT2D eigenvalue weighted by atomic mass is 10.2. The Hall–Kier alpha value is -1.90. The Bertz CT molecular complexity index is 613. The molecule has 0 fully saturated rings. The standard InChI is InChI=1S/C11H8BrF3N4O/c12-8-5-7(11(13,14)15)1-2-9(8)17-10(20)6-19-4-3-16-18-19/h1-5H,6H2,(H,17,20). The molecule has 1 amide bonds. The summed E-state index contributed by atoms with van der Waals surface area (Å²) in [5.74, 6) is -0.420. The summed E-state index contributed by atoms with van der Waals surface area (Å²) in [6, 6.07) is 2.99. The lowest BCUT2D eigenvalue weighted by Crippen LogP contribution is -2.19. The minimum Gasteiger partial charge on any atom is -0.323 e. The molecule has 20 heavy (non-hydrogen) atoms. The van der Waals surface area contributed by atoms with Crippen LogP contribution in [0.1, 0.15) is 5.56 Å². The van der Waals surface area contributed by atoms with Crippen LogP contribution in [0.15, 0.2) is 35.1 Å². The van der Waals surface area contributed by atoms with Crippen LogP contribution in [0, 0.1) is 0 Å². The number of anilines is 1. The summed E-state index contributed by atoms with van der Waals surface area (Å²) in [6.07, 6.45) is -1.51. The Morgan fingerprint density at radius 2 is 2.15 bits per heavy atom. The lowest BCUT2D eigenvalue weighted by Gasteiger charge is -2.11. The number of halogens is 4. The first kappa shape index (κ1) is 14.5. The Morgan fingerprint density at radius 1 is 1.40 bits per heavy atom. The van der Waals surface area contributed by atoms with Gasteiger partial charge in [-0.3, -0.25) is 4.79 Å².